The Balaban J connectivity index is 2.07. The van der Waals surface area contributed by atoms with Crippen molar-refractivity contribution in [3.8, 4) is 0 Å². The van der Waals surface area contributed by atoms with Crippen LogP contribution in [0, 0.1) is 12.7 Å². The first-order valence-electron chi connectivity index (χ1n) is 12.8. The fourth-order valence-corrected chi connectivity index (χ4v) is 5.63. The van der Waals surface area contributed by atoms with Gasteiger partial charge in [0, 0.05) is 12.1 Å². The Kier molecular flexibility index (Phi) is 9.50. The zero-order valence-corrected chi connectivity index (χ0v) is 23.8. The van der Waals surface area contributed by atoms with Crippen molar-refractivity contribution in [1.82, 2.24) is 10.2 Å². The number of carbonyl (C=O) groups excluding carboxylic acids is 2. The first-order chi connectivity index (χ1) is 18.3. The van der Waals surface area contributed by atoms with Crippen LogP contribution in [0.2, 0.25) is 0 Å². The number of halogens is 1. The molecule has 0 bridgehead atoms. The zero-order valence-electron chi connectivity index (χ0n) is 23.0. The van der Waals surface area contributed by atoms with Crippen molar-refractivity contribution in [3.63, 3.8) is 0 Å². The number of aryl methyl sites for hydroxylation is 1. The highest BCUT2D eigenvalue weighted by Gasteiger charge is 2.34. The molecule has 0 saturated carbocycles. The van der Waals surface area contributed by atoms with E-state index in [9.17, 15) is 22.4 Å². The van der Waals surface area contributed by atoms with Crippen LogP contribution in [0.1, 0.15) is 45.2 Å². The number of sulfonamides is 1. The van der Waals surface area contributed by atoms with E-state index in [-0.39, 0.29) is 23.0 Å². The molecule has 1 atom stereocenters. The predicted molar refractivity (Wildman–Crippen MR) is 151 cm³/mol. The largest absolute Gasteiger partial charge is 0.350 e. The van der Waals surface area contributed by atoms with E-state index in [1.54, 1.807) is 18.2 Å². The third kappa shape index (κ3) is 7.66. The number of hydrogen-bond acceptors (Lipinski definition) is 4. The topological polar surface area (TPSA) is 86.8 Å². The molecule has 7 nitrogen and oxygen atoms in total. The molecule has 0 radical (unpaired) electrons. The fourth-order valence-electron chi connectivity index (χ4n) is 4.20. The molecule has 3 rings (SSSR count). The van der Waals surface area contributed by atoms with Gasteiger partial charge in [-0.1, -0.05) is 49.4 Å². The fraction of sp³-hybridized carbons (Fsp3) is 0.333. The van der Waals surface area contributed by atoms with Crippen LogP contribution in [0.15, 0.2) is 83.8 Å². The smallest absolute Gasteiger partial charge is 0.264 e. The van der Waals surface area contributed by atoms with Gasteiger partial charge in [0.25, 0.3) is 10.0 Å². The molecule has 0 fully saturated rings. The number of nitrogens with one attached hydrogen (secondary N) is 1. The summed E-state index contributed by atoms with van der Waals surface area (Å²) < 4.78 is 42.2. The molecule has 0 spiro atoms. The van der Waals surface area contributed by atoms with Crippen molar-refractivity contribution in [2.45, 2.75) is 64.1 Å². The number of benzene rings is 3. The number of anilines is 1. The normalized spacial score (nSPS) is 12.5. The molecule has 2 amide bonds. The van der Waals surface area contributed by atoms with Crippen LogP contribution >= 0.6 is 0 Å². The van der Waals surface area contributed by atoms with Crippen LogP contribution in [-0.2, 0) is 26.2 Å². The van der Waals surface area contributed by atoms with Crippen LogP contribution in [0.3, 0.4) is 0 Å². The van der Waals surface area contributed by atoms with Gasteiger partial charge in [-0.15, -0.1) is 0 Å². The lowest BCUT2D eigenvalue weighted by Gasteiger charge is -2.35. The average Bonchev–Trinajstić information content (AvgIpc) is 2.88. The standard InChI is InChI=1S/C30H36FN3O4S/c1-6-27(29(36)32-30(3,4)5)33(20-23-13-11-10-12-22(23)2)28(35)21-34(25-18-16-24(31)17-19-25)39(37,38)26-14-8-7-9-15-26/h7-19,27H,6,20-21H2,1-5H3,(H,32,36). The maximum atomic E-state index is 14.0. The Morgan fingerprint density at radius 3 is 2.08 bits per heavy atom. The van der Waals surface area contributed by atoms with E-state index in [2.05, 4.69) is 5.32 Å². The van der Waals surface area contributed by atoms with Crippen LogP contribution in [0.4, 0.5) is 10.1 Å². The number of rotatable bonds is 10. The molecule has 39 heavy (non-hydrogen) atoms. The molecule has 1 N–H and O–H groups in total. The van der Waals surface area contributed by atoms with Gasteiger partial charge in [-0.25, -0.2) is 12.8 Å². The molecular formula is C30H36FN3O4S. The van der Waals surface area contributed by atoms with Gasteiger partial charge in [-0.3, -0.25) is 13.9 Å². The molecular weight excluding hydrogens is 517 g/mol. The molecule has 0 aliphatic carbocycles. The SMILES string of the molecule is CCC(C(=O)NC(C)(C)C)N(Cc1ccccc1C)C(=O)CN(c1ccc(F)cc1)S(=O)(=O)c1ccccc1. The van der Waals surface area contributed by atoms with Crippen molar-refractivity contribution >= 4 is 27.5 Å². The van der Waals surface area contributed by atoms with Gasteiger partial charge in [0.1, 0.15) is 18.4 Å². The molecule has 0 saturated heterocycles. The van der Waals surface area contributed by atoms with Crippen LogP contribution in [0.25, 0.3) is 0 Å². The Hall–Kier alpha value is -3.72. The molecule has 9 heteroatoms. The third-order valence-corrected chi connectivity index (χ3v) is 8.00. The van der Waals surface area contributed by atoms with E-state index >= 15 is 0 Å². The summed E-state index contributed by atoms with van der Waals surface area (Å²) in [6, 6.07) is 19.4. The molecule has 3 aromatic rings. The molecule has 208 valence electrons. The first kappa shape index (κ1) is 29.8. The highest BCUT2D eigenvalue weighted by atomic mass is 32.2. The van der Waals surface area contributed by atoms with E-state index in [1.807, 2.05) is 58.9 Å². The maximum Gasteiger partial charge on any atom is 0.264 e. The average molecular weight is 554 g/mol. The second-order valence-electron chi connectivity index (χ2n) is 10.4. The molecule has 0 aromatic heterocycles. The number of carbonyl (C=O) groups is 2. The van der Waals surface area contributed by atoms with Gasteiger partial charge >= 0.3 is 0 Å². The summed E-state index contributed by atoms with van der Waals surface area (Å²) in [5.74, 6) is -1.42. The Morgan fingerprint density at radius 1 is 0.923 bits per heavy atom. The van der Waals surface area contributed by atoms with E-state index in [1.165, 1.54) is 29.2 Å². The minimum absolute atomic E-state index is 0.00917. The van der Waals surface area contributed by atoms with Gasteiger partial charge < -0.3 is 10.2 Å². The summed E-state index contributed by atoms with van der Waals surface area (Å²) in [7, 11) is -4.20. The van der Waals surface area contributed by atoms with Crippen molar-refractivity contribution in [2.75, 3.05) is 10.8 Å². The lowest BCUT2D eigenvalue weighted by molar-refractivity contribution is -0.141. The van der Waals surface area contributed by atoms with Crippen molar-refractivity contribution in [1.29, 1.82) is 0 Å². The van der Waals surface area contributed by atoms with Gasteiger partial charge in [0.15, 0.2) is 0 Å². The summed E-state index contributed by atoms with van der Waals surface area (Å²) in [5, 5.41) is 2.95. The van der Waals surface area contributed by atoms with Gasteiger partial charge in [0.05, 0.1) is 10.6 Å². The quantitative estimate of drug-likeness (QED) is 0.381. The molecule has 1 unspecified atom stereocenters. The van der Waals surface area contributed by atoms with E-state index in [0.717, 1.165) is 27.6 Å². The maximum absolute atomic E-state index is 14.0. The second-order valence-corrected chi connectivity index (χ2v) is 12.3. The lowest BCUT2D eigenvalue weighted by atomic mass is 10.0. The van der Waals surface area contributed by atoms with Crippen molar-refractivity contribution in [3.05, 3.63) is 95.8 Å². The summed E-state index contributed by atoms with van der Waals surface area (Å²) in [5.41, 5.74) is 1.39. The van der Waals surface area contributed by atoms with Crippen molar-refractivity contribution < 1.29 is 22.4 Å². The Labute approximate surface area is 230 Å². The highest BCUT2D eigenvalue weighted by Crippen LogP contribution is 2.25. The highest BCUT2D eigenvalue weighted by molar-refractivity contribution is 7.92. The predicted octanol–water partition coefficient (Wildman–Crippen LogP) is 5.05. The monoisotopic (exact) mass is 553 g/mol. The summed E-state index contributed by atoms with van der Waals surface area (Å²) in [6.45, 7) is 8.83. The van der Waals surface area contributed by atoms with Gasteiger partial charge in [0.2, 0.25) is 11.8 Å². The van der Waals surface area contributed by atoms with Crippen molar-refractivity contribution in [2.24, 2.45) is 0 Å². The van der Waals surface area contributed by atoms with Gasteiger partial charge in [-0.05, 0) is 81.6 Å². The van der Waals surface area contributed by atoms with E-state index in [0.29, 0.717) is 6.42 Å². The third-order valence-electron chi connectivity index (χ3n) is 6.21. The van der Waals surface area contributed by atoms with E-state index < -0.39 is 39.9 Å². The minimum Gasteiger partial charge on any atom is -0.350 e. The Morgan fingerprint density at radius 2 is 1.51 bits per heavy atom. The van der Waals surface area contributed by atoms with Crippen LogP contribution in [-0.4, -0.2) is 43.3 Å². The van der Waals surface area contributed by atoms with Crippen LogP contribution in [0.5, 0.6) is 0 Å². The van der Waals surface area contributed by atoms with Crippen LogP contribution < -0.4 is 9.62 Å². The number of amides is 2. The zero-order chi connectivity index (χ0) is 28.8. The molecule has 0 aliphatic heterocycles. The molecule has 0 aliphatic rings. The minimum atomic E-state index is -4.20. The van der Waals surface area contributed by atoms with Gasteiger partial charge in [-0.2, -0.15) is 0 Å². The molecule has 0 heterocycles. The Bertz CT molecular complexity index is 1390. The summed E-state index contributed by atoms with van der Waals surface area (Å²) >= 11 is 0. The van der Waals surface area contributed by atoms with E-state index in [4.69, 9.17) is 0 Å². The number of nitrogens with zero attached hydrogens (tertiary/aromatic N) is 2. The number of hydrogen-bond donors (Lipinski definition) is 1. The summed E-state index contributed by atoms with van der Waals surface area (Å²) in [4.78, 5) is 28.8. The second kappa shape index (κ2) is 12.4. The first-order valence-corrected chi connectivity index (χ1v) is 14.3. The molecule has 3 aromatic carbocycles. The lowest BCUT2D eigenvalue weighted by Crippen LogP contribution is -2.55. The summed E-state index contributed by atoms with van der Waals surface area (Å²) in [6.07, 6.45) is 0.321.